The van der Waals surface area contributed by atoms with Crippen molar-refractivity contribution in [2.45, 2.75) is 0 Å². The first kappa shape index (κ1) is 7.92. The minimum absolute atomic E-state index is 0.830. The zero-order valence-electron chi connectivity index (χ0n) is 7.40. The van der Waals surface area contributed by atoms with Gasteiger partial charge in [-0.15, -0.1) is 0 Å². The zero-order chi connectivity index (χ0) is 9.10. The first-order valence-corrected chi connectivity index (χ1v) is 4.09. The van der Waals surface area contributed by atoms with E-state index in [9.17, 15) is 0 Å². The Morgan fingerprint density at radius 1 is 1.23 bits per heavy atom. The predicted molar refractivity (Wildman–Crippen MR) is 51.2 cm³/mol. The van der Waals surface area contributed by atoms with Crippen molar-refractivity contribution >= 4 is 0 Å². The van der Waals surface area contributed by atoms with E-state index >= 15 is 0 Å². The number of ether oxygens (including phenoxy) is 1. The minimum atomic E-state index is 0.830. The highest BCUT2D eigenvalue weighted by atomic mass is 16.5. The van der Waals surface area contributed by atoms with Gasteiger partial charge in [0.15, 0.2) is 0 Å². The van der Waals surface area contributed by atoms with Gasteiger partial charge in [0.05, 0.1) is 12.8 Å². The van der Waals surface area contributed by atoms with Gasteiger partial charge in [-0.05, 0) is 30.3 Å². The molecule has 0 bridgehead atoms. The van der Waals surface area contributed by atoms with Crippen LogP contribution < -0.4 is 4.74 Å². The number of methoxy groups -OCH3 is 1. The number of aromatic nitrogens is 1. The molecule has 0 aliphatic carbocycles. The third-order valence-corrected chi connectivity index (χ3v) is 1.89. The van der Waals surface area contributed by atoms with Crippen molar-refractivity contribution in [2.24, 2.45) is 0 Å². The lowest BCUT2D eigenvalue weighted by Gasteiger charge is -2.03. The maximum absolute atomic E-state index is 5.05. The average molecular weight is 172 g/mol. The Balaban J connectivity index is 2.33. The van der Waals surface area contributed by atoms with Gasteiger partial charge in [0.1, 0.15) is 5.75 Å². The fourth-order valence-corrected chi connectivity index (χ4v) is 1.19. The molecule has 2 aromatic rings. The molecular formula is C11H10NO. The molecule has 0 aliphatic heterocycles. The topological polar surface area (TPSA) is 14.2 Å². The van der Waals surface area contributed by atoms with Crippen LogP contribution in [0, 0.1) is 6.07 Å². The highest BCUT2D eigenvalue weighted by molar-refractivity contribution is 5.36. The summed E-state index contributed by atoms with van der Waals surface area (Å²) in [6, 6.07) is 12.8. The average Bonchev–Trinajstić information content (AvgIpc) is 2.71. The smallest absolute Gasteiger partial charge is 0.119 e. The van der Waals surface area contributed by atoms with Gasteiger partial charge in [0.25, 0.3) is 0 Å². The molecule has 2 rings (SSSR count). The summed E-state index contributed by atoms with van der Waals surface area (Å²) in [7, 11) is 1.65. The van der Waals surface area contributed by atoms with Crippen LogP contribution in [0.5, 0.6) is 5.75 Å². The van der Waals surface area contributed by atoms with E-state index in [-0.39, 0.29) is 0 Å². The number of hydrogen-bond donors (Lipinski definition) is 0. The van der Waals surface area contributed by atoms with E-state index in [1.165, 1.54) is 0 Å². The normalized spacial score (nSPS) is 9.92. The first-order chi connectivity index (χ1) is 6.40. The monoisotopic (exact) mass is 172 g/mol. The largest absolute Gasteiger partial charge is 0.497 e. The Labute approximate surface area is 77.4 Å². The fraction of sp³-hybridized carbons (Fsp3) is 0.0909. The maximum atomic E-state index is 5.05. The van der Waals surface area contributed by atoms with Crippen LogP contribution in [0.1, 0.15) is 0 Å². The molecule has 1 aromatic heterocycles. The summed E-state index contributed by atoms with van der Waals surface area (Å²) in [6.45, 7) is 0. The summed E-state index contributed by atoms with van der Waals surface area (Å²) in [5, 5.41) is 0. The Hall–Kier alpha value is -1.70. The van der Waals surface area contributed by atoms with Gasteiger partial charge in [0, 0.05) is 18.5 Å². The van der Waals surface area contributed by atoms with Crippen molar-refractivity contribution in [1.82, 2.24) is 4.57 Å². The summed E-state index contributed by atoms with van der Waals surface area (Å²) < 4.78 is 7.05. The van der Waals surface area contributed by atoms with Crippen molar-refractivity contribution in [3.63, 3.8) is 0 Å². The maximum Gasteiger partial charge on any atom is 0.119 e. The van der Waals surface area contributed by atoms with Gasteiger partial charge in [-0.2, -0.15) is 0 Å². The zero-order valence-corrected chi connectivity index (χ0v) is 7.40. The molecule has 0 saturated heterocycles. The van der Waals surface area contributed by atoms with Gasteiger partial charge in [0.2, 0.25) is 0 Å². The van der Waals surface area contributed by atoms with E-state index in [0.717, 1.165) is 11.4 Å². The molecule has 0 fully saturated rings. The summed E-state index contributed by atoms with van der Waals surface area (Å²) in [6.07, 6.45) is 3.97. The van der Waals surface area contributed by atoms with Crippen molar-refractivity contribution in [3.05, 3.63) is 48.8 Å². The molecule has 2 heteroatoms. The molecule has 0 aliphatic rings. The third-order valence-electron chi connectivity index (χ3n) is 1.89. The van der Waals surface area contributed by atoms with Crippen LogP contribution in [0.3, 0.4) is 0 Å². The second-order valence-electron chi connectivity index (χ2n) is 2.70. The predicted octanol–water partition coefficient (Wildman–Crippen LogP) is 2.29. The Bertz CT molecular complexity index is 361. The Morgan fingerprint density at radius 3 is 2.54 bits per heavy atom. The Morgan fingerprint density at radius 2 is 2.00 bits per heavy atom. The van der Waals surface area contributed by atoms with Gasteiger partial charge in [-0.25, -0.2) is 0 Å². The van der Waals surface area contributed by atoms with Gasteiger partial charge in [-0.3, -0.25) is 0 Å². The van der Waals surface area contributed by atoms with Crippen LogP contribution in [0.4, 0.5) is 0 Å². The van der Waals surface area contributed by atoms with Crippen molar-refractivity contribution in [1.29, 1.82) is 0 Å². The van der Waals surface area contributed by atoms with Crippen LogP contribution in [0.25, 0.3) is 5.69 Å². The molecule has 65 valence electrons. The van der Waals surface area contributed by atoms with Crippen LogP contribution >= 0.6 is 0 Å². The standard InChI is InChI=1S/C11H10NO/c1-13-11-6-4-10(5-7-11)12-8-2-3-9-12/h2-4,6-9H,1H3. The quantitative estimate of drug-likeness (QED) is 0.677. The van der Waals surface area contributed by atoms with E-state index in [1.807, 2.05) is 47.3 Å². The van der Waals surface area contributed by atoms with E-state index in [0.29, 0.717) is 0 Å². The lowest BCUT2D eigenvalue weighted by molar-refractivity contribution is 0.414. The number of hydrogen-bond acceptors (Lipinski definition) is 1. The lowest BCUT2D eigenvalue weighted by atomic mass is 10.3. The van der Waals surface area contributed by atoms with Crippen LogP contribution in [-0.4, -0.2) is 11.7 Å². The van der Waals surface area contributed by atoms with Crippen molar-refractivity contribution in [3.8, 4) is 11.4 Å². The van der Waals surface area contributed by atoms with E-state index in [2.05, 4.69) is 6.07 Å². The molecule has 1 heterocycles. The summed E-state index contributed by atoms with van der Waals surface area (Å²) in [5.74, 6) is 0.830. The molecule has 0 unspecified atom stereocenters. The van der Waals surface area contributed by atoms with Crippen LogP contribution in [-0.2, 0) is 0 Å². The second kappa shape index (κ2) is 3.35. The summed E-state index contributed by atoms with van der Waals surface area (Å²) in [4.78, 5) is 0. The van der Waals surface area contributed by atoms with E-state index in [1.54, 1.807) is 7.11 Å². The SMILES string of the molecule is COc1c[c]c(-n2cccc2)cc1. The number of rotatable bonds is 2. The Kier molecular flexibility index (Phi) is 2.04. The molecule has 2 nitrogen and oxygen atoms in total. The van der Waals surface area contributed by atoms with E-state index < -0.39 is 0 Å². The molecule has 1 aromatic carbocycles. The number of nitrogens with zero attached hydrogens (tertiary/aromatic N) is 1. The minimum Gasteiger partial charge on any atom is -0.497 e. The third kappa shape index (κ3) is 1.56. The van der Waals surface area contributed by atoms with Gasteiger partial charge >= 0.3 is 0 Å². The molecule has 1 radical (unpaired) electrons. The highest BCUT2D eigenvalue weighted by Crippen LogP contribution is 2.13. The molecular weight excluding hydrogens is 162 g/mol. The molecule has 0 N–H and O–H groups in total. The highest BCUT2D eigenvalue weighted by Gasteiger charge is 1.94. The van der Waals surface area contributed by atoms with Crippen LogP contribution in [0.15, 0.2) is 42.7 Å². The molecule has 13 heavy (non-hydrogen) atoms. The van der Waals surface area contributed by atoms with E-state index in [4.69, 9.17) is 4.74 Å². The van der Waals surface area contributed by atoms with Crippen molar-refractivity contribution < 1.29 is 4.74 Å². The first-order valence-electron chi connectivity index (χ1n) is 4.09. The summed E-state index contributed by atoms with van der Waals surface area (Å²) >= 11 is 0. The molecule has 0 atom stereocenters. The fourth-order valence-electron chi connectivity index (χ4n) is 1.19. The number of benzene rings is 1. The van der Waals surface area contributed by atoms with Crippen molar-refractivity contribution in [2.75, 3.05) is 7.11 Å². The molecule has 0 saturated carbocycles. The van der Waals surface area contributed by atoms with Gasteiger partial charge < -0.3 is 9.30 Å². The summed E-state index contributed by atoms with van der Waals surface area (Å²) in [5.41, 5.74) is 1.02. The molecule has 0 amide bonds. The van der Waals surface area contributed by atoms with Crippen LogP contribution in [0.2, 0.25) is 0 Å². The van der Waals surface area contributed by atoms with Gasteiger partial charge in [-0.1, -0.05) is 0 Å². The molecule has 0 spiro atoms. The second-order valence-corrected chi connectivity index (χ2v) is 2.70. The lowest BCUT2D eigenvalue weighted by Crippen LogP contribution is -1.89.